The van der Waals surface area contributed by atoms with E-state index in [4.69, 9.17) is 0 Å². The lowest BCUT2D eigenvalue weighted by molar-refractivity contribution is -0.177. The average molecular weight is 159 g/mol. The maximum Gasteiger partial charge on any atom is 0.315 e. The number of carbonyl (C=O) groups excluding carboxylic acids is 2. The predicted octanol–water partition coefficient (Wildman–Crippen LogP) is -1.03. The molecular formula is C6H13N3O2. The lowest BCUT2D eigenvalue weighted by Gasteiger charge is -2.31. The largest absolute Gasteiger partial charge is 0.315 e. The molecule has 0 unspecified atom stereocenters. The Morgan fingerprint density at radius 3 is 1.55 bits per heavy atom. The number of amides is 1. The van der Waals surface area contributed by atoms with Crippen molar-refractivity contribution in [2.45, 2.75) is 0 Å². The number of hydrogen-bond acceptors (Lipinski definition) is 4. The van der Waals surface area contributed by atoms with Gasteiger partial charge in [-0.15, -0.1) is 0 Å². The van der Waals surface area contributed by atoms with Crippen molar-refractivity contribution in [2.24, 2.45) is 0 Å². The van der Waals surface area contributed by atoms with Crippen molar-refractivity contribution in [1.29, 1.82) is 0 Å². The zero-order chi connectivity index (χ0) is 9.02. The summed E-state index contributed by atoms with van der Waals surface area (Å²) in [6, 6.07) is 0. The summed E-state index contributed by atoms with van der Waals surface area (Å²) in [6.45, 7) is 0. The molecule has 0 aliphatic rings. The van der Waals surface area contributed by atoms with E-state index >= 15 is 0 Å². The van der Waals surface area contributed by atoms with Crippen LogP contribution < -0.4 is 0 Å². The standard InChI is InChI=1S/C6H13N3O2/c1-7(2)9(8(3)4)6(11)5-10/h5H,1-4H3. The Kier molecular flexibility index (Phi) is 3.70. The van der Waals surface area contributed by atoms with Crippen LogP contribution in [0.25, 0.3) is 0 Å². The molecule has 0 saturated carbocycles. The van der Waals surface area contributed by atoms with Crippen LogP contribution in [-0.2, 0) is 9.59 Å². The van der Waals surface area contributed by atoms with Gasteiger partial charge in [0.2, 0.25) is 6.29 Å². The Balaban J connectivity index is 4.33. The summed E-state index contributed by atoms with van der Waals surface area (Å²) in [7, 11) is 6.73. The van der Waals surface area contributed by atoms with Gasteiger partial charge in [-0.3, -0.25) is 9.59 Å². The first-order chi connectivity index (χ1) is 5.00. The molecule has 0 fully saturated rings. The Hall–Kier alpha value is -0.940. The molecule has 0 bridgehead atoms. The molecule has 0 spiro atoms. The molecule has 0 N–H and O–H groups in total. The Morgan fingerprint density at radius 1 is 1.09 bits per heavy atom. The summed E-state index contributed by atoms with van der Waals surface area (Å²) in [4.78, 5) is 21.0. The van der Waals surface area contributed by atoms with Crippen molar-refractivity contribution in [3.8, 4) is 0 Å². The van der Waals surface area contributed by atoms with Crippen LogP contribution in [0.4, 0.5) is 0 Å². The molecular weight excluding hydrogens is 146 g/mol. The number of nitrogens with zero attached hydrogens (tertiary/aromatic N) is 3. The smallest absolute Gasteiger partial charge is 0.292 e. The van der Waals surface area contributed by atoms with E-state index in [1.807, 2.05) is 0 Å². The summed E-state index contributed by atoms with van der Waals surface area (Å²) in [5.74, 6) is -0.583. The summed E-state index contributed by atoms with van der Waals surface area (Å²) >= 11 is 0. The van der Waals surface area contributed by atoms with Gasteiger partial charge in [0.05, 0.1) is 0 Å². The van der Waals surface area contributed by atoms with Gasteiger partial charge in [-0.05, 0) is 0 Å². The van der Waals surface area contributed by atoms with E-state index in [2.05, 4.69) is 0 Å². The highest BCUT2D eigenvalue weighted by atomic mass is 16.2. The third-order valence-corrected chi connectivity index (χ3v) is 1.06. The van der Waals surface area contributed by atoms with Crippen LogP contribution in [0, 0.1) is 0 Å². The highest BCUT2D eigenvalue weighted by molar-refractivity contribution is 6.23. The van der Waals surface area contributed by atoms with Crippen molar-refractivity contribution in [2.75, 3.05) is 28.2 Å². The number of hydrazine groups is 2. The molecule has 0 rings (SSSR count). The van der Waals surface area contributed by atoms with E-state index < -0.39 is 5.91 Å². The minimum absolute atomic E-state index is 0.278. The van der Waals surface area contributed by atoms with Crippen molar-refractivity contribution in [3.63, 3.8) is 0 Å². The molecule has 11 heavy (non-hydrogen) atoms. The summed E-state index contributed by atoms with van der Waals surface area (Å²) < 4.78 is 0. The monoisotopic (exact) mass is 159 g/mol. The maximum absolute atomic E-state index is 10.9. The Bertz CT molecular complexity index is 148. The van der Waals surface area contributed by atoms with Crippen molar-refractivity contribution in [3.05, 3.63) is 0 Å². The highest BCUT2D eigenvalue weighted by Crippen LogP contribution is 1.92. The van der Waals surface area contributed by atoms with Gasteiger partial charge >= 0.3 is 5.91 Å². The molecule has 0 aromatic rings. The van der Waals surface area contributed by atoms with Gasteiger partial charge in [-0.2, -0.15) is 5.12 Å². The number of rotatable bonds is 3. The normalized spacial score (nSPS) is 10.4. The number of carbonyl (C=O) groups is 2. The summed E-state index contributed by atoms with van der Waals surface area (Å²) in [5.41, 5.74) is 0. The van der Waals surface area contributed by atoms with Gasteiger partial charge in [-0.25, -0.2) is 10.0 Å². The third-order valence-electron chi connectivity index (χ3n) is 1.06. The third kappa shape index (κ3) is 2.65. The second kappa shape index (κ2) is 4.05. The molecule has 5 nitrogen and oxygen atoms in total. The van der Waals surface area contributed by atoms with Crippen LogP contribution in [0.1, 0.15) is 0 Å². The second-order valence-corrected chi connectivity index (χ2v) is 2.44. The van der Waals surface area contributed by atoms with Crippen molar-refractivity contribution >= 4 is 12.2 Å². The van der Waals surface area contributed by atoms with Gasteiger partial charge in [0.15, 0.2) is 0 Å². The lowest BCUT2D eigenvalue weighted by atomic mass is 10.7. The molecule has 64 valence electrons. The van der Waals surface area contributed by atoms with Crippen LogP contribution in [0.5, 0.6) is 0 Å². The summed E-state index contributed by atoms with van der Waals surface area (Å²) in [6.07, 6.45) is 0.278. The molecule has 0 radical (unpaired) electrons. The van der Waals surface area contributed by atoms with E-state index in [0.29, 0.717) is 0 Å². The minimum Gasteiger partial charge on any atom is -0.292 e. The molecule has 0 aliphatic heterocycles. The highest BCUT2D eigenvalue weighted by Gasteiger charge is 2.16. The van der Waals surface area contributed by atoms with Crippen LogP contribution in [0.2, 0.25) is 0 Å². The summed E-state index contributed by atoms with van der Waals surface area (Å²) in [5, 5.41) is 4.26. The zero-order valence-electron chi connectivity index (χ0n) is 7.24. The molecule has 0 aromatic carbocycles. The van der Waals surface area contributed by atoms with Gasteiger partial charge in [-0.1, -0.05) is 0 Å². The van der Waals surface area contributed by atoms with Crippen LogP contribution >= 0.6 is 0 Å². The Labute approximate surface area is 66.1 Å². The molecule has 0 saturated heterocycles. The van der Waals surface area contributed by atoms with Crippen LogP contribution in [0.3, 0.4) is 0 Å². The van der Waals surface area contributed by atoms with E-state index in [-0.39, 0.29) is 6.29 Å². The van der Waals surface area contributed by atoms with E-state index in [9.17, 15) is 9.59 Å². The molecule has 0 heterocycles. The Morgan fingerprint density at radius 2 is 1.45 bits per heavy atom. The van der Waals surface area contributed by atoms with Gasteiger partial charge in [0.25, 0.3) is 0 Å². The number of hydrogen-bond donors (Lipinski definition) is 0. The van der Waals surface area contributed by atoms with Gasteiger partial charge in [0, 0.05) is 28.2 Å². The first kappa shape index (κ1) is 10.1. The number of aldehydes is 1. The van der Waals surface area contributed by atoms with E-state index in [1.54, 1.807) is 28.2 Å². The van der Waals surface area contributed by atoms with Crippen LogP contribution in [0.15, 0.2) is 0 Å². The van der Waals surface area contributed by atoms with Crippen molar-refractivity contribution < 1.29 is 9.59 Å². The van der Waals surface area contributed by atoms with Crippen LogP contribution in [-0.4, -0.2) is 55.5 Å². The topological polar surface area (TPSA) is 43.9 Å². The first-order valence-corrected chi connectivity index (χ1v) is 3.14. The predicted molar refractivity (Wildman–Crippen MR) is 40.3 cm³/mol. The van der Waals surface area contributed by atoms with Gasteiger partial charge < -0.3 is 0 Å². The fourth-order valence-electron chi connectivity index (χ4n) is 0.799. The molecule has 0 atom stereocenters. The average Bonchev–Trinajstić information content (AvgIpc) is 1.85. The maximum atomic E-state index is 10.9. The molecule has 1 amide bonds. The van der Waals surface area contributed by atoms with Gasteiger partial charge in [0.1, 0.15) is 0 Å². The fourth-order valence-corrected chi connectivity index (χ4v) is 0.799. The molecule has 0 aromatic heterocycles. The second-order valence-electron chi connectivity index (χ2n) is 2.44. The molecule has 5 heteroatoms. The quantitative estimate of drug-likeness (QED) is 0.300. The van der Waals surface area contributed by atoms with Crippen molar-refractivity contribution in [1.82, 2.24) is 15.1 Å². The SMILES string of the molecule is CN(C)N(C(=O)C=O)N(C)C. The van der Waals surface area contributed by atoms with E-state index in [0.717, 1.165) is 0 Å². The zero-order valence-corrected chi connectivity index (χ0v) is 7.24. The minimum atomic E-state index is -0.583. The lowest BCUT2D eigenvalue weighted by Crippen LogP contribution is -2.50. The fraction of sp³-hybridized carbons (Fsp3) is 0.667. The van der Waals surface area contributed by atoms with E-state index in [1.165, 1.54) is 15.1 Å². The molecule has 0 aliphatic carbocycles. The first-order valence-electron chi connectivity index (χ1n) is 3.14.